The number of ether oxygens (including phenoxy) is 1. The fourth-order valence-corrected chi connectivity index (χ4v) is 1.87. The zero-order valence-corrected chi connectivity index (χ0v) is 9.96. The predicted molar refractivity (Wildman–Crippen MR) is 60.0 cm³/mol. The lowest BCUT2D eigenvalue weighted by Gasteiger charge is -2.16. The standard InChI is InChI=1S/C10H10F3IO/c11-8-4-2-1-3-7(8)9(5-14)15-6-10(12)13/h1-4,9-10H,5-6H2. The van der Waals surface area contributed by atoms with Crippen molar-refractivity contribution in [2.24, 2.45) is 0 Å². The molecule has 1 unspecified atom stereocenters. The Hall–Kier alpha value is -0.300. The van der Waals surface area contributed by atoms with Crippen molar-refractivity contribution >= 4 is 22.6 Å². The van der Waals surface area contributed by atoms with Gasteiger partial charge in [0.15, 0.2) is 0 Å². The van der Waals surface area contributed by atoms with Crippen LogP contribution in [0.2, 0.25) is 0 Å². The van der Waals surface area contributed by atoms with Gasteiger partial charge in [0.05, 0.1) is 6.10 Å². The summed E-state index contributed by atoms with van der Waals surface area (Å²) in [6.07, 6.45) is -3.14. The van der Waals surface area contributed by atoms with E-state index >= 15 is 0 Å². The van der Waals surface area contributed by atoms with Crippen LogP contribution in [0.5, 0.6) is 0 Å². The molecule has 1 nitrogen and oxygen atoms in total. The summed E-state index contributed by atoms with van der Waals surface area (Å²) in [6.45, 7) is -0.665. The largest absolute Gasteiger partial charge is 0.367 e. The first-order chi connectivity index (χ1) is 7.15. The average Bonchev–Trinajstić information content (AvgIpc) is 2.21. The number of rotatable bonds is 5. The van der Waals surface area contributed by atoms with E-state index in [9.17, 15) is 13.2 Å². The second-order valence-electron chi connectivity index (χ2n) is 2.89. The number of alkyl halides is 3. The van der Waals surface area contributed by atoms with Crippen LogP contribution in [0, 0.1) is 5.82 Å². The molecule has 5 heteroatoms. The molecule has 0 amide bonds. The van der Waals surface area contributed by atoms with Crippen LogP contribution in [0.25, 0.3) is 0 Å². The molecule has 0 radical (unpaired) electrons. The summed E-state index contributed by atoms with van der Waals surface area (Å²) >= 11 is 1.98. The van der Waals surface area contributed by atoms with E-state index < -0.39 is 25.0 Å². The monoisotopic (exact) mass is 330 g/mol. The third kappa shape index (κ3) is 3.98. The maximum absolute atomic E-state index is 13.3. The fourth-order valence-electron chi connectivity index (χ4n) is 1.14. The van der Waals surface area contributed by atoms with Gasteiger partial charge in [-0.2, -0.15) is 0 Å². The van der Waals surface area contributed by atoms with Crippen LogP contribution in [-0.4, -0.2) is 17.5 Å². The Morgan fingerprint density at radius 1 is 1.27 bits per heavy atom. The molecule has 84 valence electrons. The smallest absolute Gasteiger partial charge is 0.261 e. The Kier molecular flexibility index (Phi) is 5.38. The summed E-state index contributed by atoms with van der Waals surface area (Å²) < 4.78 is 42.5. The summed E-state index contributed by atoms with van der Waals surface area (Å²) in [5.41, 5.74) is 0.326. The Balaban J connectivity index is 2.70. The van der Waals surface area contributed by atoms with Gasteiger partial charge in [-0.15, -0.1) is 0 Å². The fraction of sp³-hybridized carbons (Fsp3) is 0.400. The van der Waals surface area contributed by atoms with Gasteiger partial charge < -0.3 is 4.74 Å². The van der Waals surface area contributed by atoms with Crippen LogP contribution >= 0.6 is 22.6 Å². The molecular formula is C10H10F3IO. The van der Waals surface area contributed by atoms with Crippen molar-refractivity contribution < 1.29 is 17.9 Å². The Morgan fingerprint density at radius 2 is 1.93 bits per heavy atom. The third-order valence-corrected chi connectivity index (χ3v) is 2.62. The molecule has 0 heterocycles. The van der Waals surface area contributed by atoms with Gasteiger partial charge in [0.1, 0.15) is 12.4 Å². The Bertz CT molecular complexity index is 306. The minimum Gasteiger partial charge on any atom is -0.367 e. The molecule has 0 bridgehead atoms. The zero-order valence-electron chi connectivity index (χ0n) is 7.80. The highest BCUT2D eigenvalue weighted by Gasteiger charge is 2.16. The molecule has 1 rings (SSSR count). The van der Waals surface area contributed by atoms with Crippen molar-refractivity contribution in [3.05, 3.63) is 35.6 Å². The van der Waals surface area contributed by atoms with E-state index in [1.54, 1.807) is 18.2 Å². The first-order valence-electron chi connectivity index (χ1n) is 4.35. The van der Waals surface area contributed by atoms with E-state index in [0.29, 0.717) is 9.99 Å². The number of benzene rings is 1. The van der Waals surface area contributed by atoms with E-state index in [0.717, 1.165) is 0 Å². The normalized spacial score (nSPS) is 13.1. The molecule has 1 aromatic carbocycles. The van der Waals surface area contributed by atoms with Crippen molar-refractivity contribution in [1.29, 1.82) is 0 Å². The lowest BCUT2D eigenvalue weighted by Crippen LogP contribution is -2.13. The van der Waals surface area contributed by atoms with Crippen LogP contribution in [0.15, 0.2) is 24.3 Å². The molecule has 0 fully saturated rings. The molecule has 0 aromatic heterocycles. The van der Waals surface area contributed by atoms with Gasteiger partial charge in [-0.1, -0.05) is 40.8 Å². The van der Waals surface area contributed by atoms with E-state index in [4.69, 9.17) is 4.74 Å². The minimum absolute atomic E-state index is 0.326. The minimum atomic E-state index is -2.53. The lowest BCUT2D eigenvalue weighted by atomic mass is 10.1. The van der Waals surface area contributed by atoms with Gasteiger partial charge in [0.2, 0.25) is 0 Å². The van der Waals surface area contributed by atoms with Gasteiger partial charge in [0, 0.05) is 9.99 Å². The molecule has 0 aliphatic heterocycles. The van der Waals surface area contributed by atoms with Crippen molar-refractivity contribution in [2.75, 3.05) is 11.0 Å². The molecule has 1 atom stereocenters. The first kappa shape index (κ1) is 12.8. The highest BCUT2D eigenvalue weighted by Crippen LogP contribution is 2.23. The number of hydrogen-bond donors (Lipinski definition) is 0. The van der Waals surface area contributed by atoms with Crippen LogP contribution in [0.3, 0.4) is 0 Å². The van der Waals surface area contributed by atoms with Gasteiger partial charge in [-0.05, 0) is 6.07 Å². The molecule has 0 saturated heterocycles. The topological polar surface area (TPSA) is 9.23 Å². The maximum Gasteiger partial charge on any atom is 0.261 e. The quantitative estimate of drug-likeness (QED) is 0.592. The predicted octanol–water partition coefficient (Wildman–Crippen LogP) is 3.58. The Labute approximate surface area is 99.8 Å². The summed E-state index contributed by atoms with van der Waals surface area (Å²) in [5.74, 6) is -0.423. The SMILES string of the molecule is Fc1ccccc1C(CI)OCC(F)F. The molecule has 15 heavy (non-hydrogen) atoms. The van der Waals surface area contributed by atoms with Crippen LogP contribution in [0.4, 0.5) is 13.2 Å². The van der Waals surface area contributed by atoms with Crippen molar-refractivity contribution in [3.8, 4) is 0 Å². The van der Waals surface area contributed by atoms with E-state index in [1.807, 2.05) is 22.6 Å². The zero-order chi connectivity index (χ0) is 11.3. The summed E-state index contributed by atoms with van der Waals surface area (Å²) in [7, 11) is 0. The van der Waals surface area contributed by atoms with Gasteiger partial charge in [-0.3, -0.25) is 0 Å². The lowest BCUT2D eigenvalue weighted by molar-refractivity contribution is -0.0164. The van der Waals surface area contributed by atoms with Gasteiger partial charge in [0.25, 0.3) is 6.43 Å². The van der Waals surface area contributed by atoms with Crippen LogP contribution in [0.1, 0.15) is 11.7 Å². The van der Waals surface area contributed by atoms with Gasteiger partial charge in [-0.25, -0.2) is 13.2 Å². The molecule has 0 aliphatic rings. The number of hydrogen-bond acceptors (Lipinski definition) is 1. The number of halogens is 4. The van der Waals surface area contributed by atoms with Crippen molar-refractivity contribution in [1.82, 2.24) is 0 Å². The van der Waals surface area contributed by atoms with E-state index in [2.05, 4.69) is 0 Å². The highest BCUT2D eigenvalue weighted by molar-refractivity contribution is 14.1. The van der Waals surface area contributed by atoms with Crippen LogP contribution < -0.4 is 0 Å². The first-order valence-corrected chi connectivity index (χ1v) is 5.88. The van der Waals surface area contributed by atoms with Crippen LogP contribution in [-0.2, 0) is 4.74 Å². The Morgan fingerprint density at radius 3 is 2.47 bits per heavy atom. The molecular weight excluding hydrogens is 320 g/mol. The van der Waals surface area contributed by atoms with E-state index in [1.165, 1.54) is 6.07 Å². The molecule has 0 saturated carbocycles. The molecule has 0 N–H and O–H groups in total. The maximum atomic E-state index is 13.3. The second kappa shape index (κ2) is 6.32. The third-order valence-electron chi connectivity index (χ3n) is 1.82. The highest BCUT2D eigenvalue weighted by atomic mass is 127. The van der Waals surface area contributed by atoms with Gasteiger partial charge >= 0.3 is 0 Å². The molecule has 1 aromatic rings. The van der Waals surface area contributed by atoms with Crippen molar-refractivity contribution in [3.63, 3.8) is 0 Å². The summed E-state index contributed by atoms with van der Waals surface area (Å²) in [6, 6.07) is 6.05. The molecule has 0 spiro atoms. The van der Waals surface area contributed by atoms with Crippen molar-refractivity contribution in [2.45, 2.75) is 12.5 Å². The summed E-state index contributed by atoms with van der Waals surface area (Å²) in [5, 5.41) is 0. The second-order valence-corrected chi connectivity index (χ2v) is 3.77. The average molecular weight is 330 g/mol. The van der Waals surface area contributed by atoms with E-state index in [-0.39, 0.29) is 0 Å². The molecule has 0 aliphatic carbocycles. The summed E-state index contributed by atoms with van der Waals surface area (Å²) in [4.78, 5) is 0.